The van der Waals surface area contributed by atoms with Crippen molar-refractivity contribution in [2.75, 3.05) is 0 Å². The van der Waals surface area contributed by atoms with Crippen molar-refractivity contribution in [3.05, 3.63) is 17.5 Å². The largest absolute Gasteiger partial charge is 0.310 e. The van der Waals surface area contributed by atoms with Crippen LogP contribution in [0.4, 0.5) is 0 Å². The minimum absolute atomic E-state index is 0.536. The lowest BCUT2D eigenvalue weighted by Crippen LogP contribution is -2.22. The third kappa shape index (κ3) is 3.32. The van der Waals surface area contributed by atoms with Crippen molar-refractivity contribution in [1.29, 1.82) is 0 Å². The van der Waals surface area contributed by atoms with Crippen molar-refractivity contribution >= 4 is 0 Å². The molecule has 0 atom stereocenters. The molecule has 0 bridgehead atoms. The predicted molar refractivity (Wildman–Crippen MR) is 71.0 cm³/mol. The van der Waals surface area contributed by atoms with Gasteiger partial charge in [0.25, 0.3) is 0 Å². The highest BCUT2D eigenvalue weighted by Crippen LogP contribution is 2.33. The topological polar surface area (TPSA) is 29.9 Å². The lowest BCUT2D eigenvalue weighted by atomic mass is 9.85. The van der Waals surface area contributed by atoms with E-state index in [1.54, 1.807) is 0 Å². The van der Waals surface area contributed by atoms with Crippen LogP contribution in [0, 0.1) is 0 Å². The first-order valence-corrected chi connectivity index (χ1v) is 6.92. The maximum atomic E-state index is 4.69. The van der Waals surface area contributed by atoms with Crippen LogP contribution in [0.3, 0.4) is 0 Å². The third-order valence-electron chi connectivity index (χ3n) is 3.63. The number of aryl methyl sites for hydroxylation is 1. The Balaban J connectivity index is 2.08. The molecule has 0 unspecified atom stereocenters. The van der Waals surface area contributed by atoms with E-state index in [1.807, 2.05) is 11.7 Å². The number of hydrogen-bond donors (Lipinski definition) is 1. The SMILES string of the molecule is CC(C)NCc1cn(C)nc1C1CCCCC1. The Morgan fingerprint density at radius 3 is 2.71 bits per heavy atom. The van der Waals surface area contributed by atoms with Crippen molar-refractivity contribution in [3.63, 3.8) is 0 Å². The molecule has 1 N–H and O–H groups in total. The Bertz CT molecular complexity index is 348. The van der Waals surface area contributed by atoms with Gasteiger partial charge in [-0.3, -0.25) is 4.68 Å². The second-order valence-corrected chi connectivity index (χ2v) is 5.58. The van der Waals surface area contributed by atoms with Gasteiger partial charge in [0.15, 0.2) is 0 Å². The number of nitrogens with zero attached hydrogens (tertiary/aromatic N) is 2. The number of rotatable bonds is 4. The zero-order chi connectivity index (χ0) is 12.3. The summed E-state index contributed by atoms with van der Waals surface area (Å²) in [5, 5.41) is 8.19. The summed E-state index contributed by atoms with van der Waals surface area (Å²) in [7, 11) is 2.03. The van der Waals surface area contributed by atoms with Gasteiger partial charge in [0.1, 0.15) is 0 Å². The van der Waals surface area contributed by atoms with Crippen LogP contribution in [0.5, 0.6) is 0 Å². The summed E-state index contributed by atoms with van der Waals surface area (Å²) >= 11 is 0. The van der Waals surface area contributed by atoms with Crippen LogP contribution in [0.1, 0.15) is 63.1 Å². The van der Waals surface area contributed by atoms with Gasteiger partial charge < -0.3 is 5.32 Å². The van der Waals surface area contributed by atoms with Crippen LogP contribution in [-0.4, -0.2) is 15.8 Å². The second-order valence-electron chi connectivity index (χ2n) is 5.58. The number of hydrogen-bond acceptors (Lipinski definition) is 2. The molecule has 1 saturated carbocycles. The standard InChI is InChI=1S/C14H25N3/c1-11(2)15-9-13-10-17(3)16-14(13)12-7-5-4-6-8-12/h10-12,15H,4-9H2,1-3H3. The molecule has 0 radical (unpaired) electrons. The molecule has 1 aliphatic carbocycles. The molecule has 1 aliphatic rings. The van der Waals surface area contributed by atoms with Crippen LogP contribution in [0.25, 0.3) is 0 Å². The third-order valence-corrected chi connectivity index (χ3v) is 3.63. The Kier molecular flexibility index (Phi) is 4.21. The van der Waals surface area contributed by atoms with Gasteiger partial charge in [-0.1, -0.05) is 33.1 Å². The lowest BCUT2D eigenvalue weighted by Gasteiger charge is -2.21. The maximum Gasteiger partial charge on any atom is 0.0700 e. The summed E-state index contributed by atoms with van der Waals surface area (Å²) in [6.45, 7) is 5.34. The molecule has 3 heteroatoms. The molecular weight excluding hydrogens is 210 g/mol. The molecule has 1 heterocycles. The summed E-state index contributed by atoms with van der Waals surface area (Å²) in [4.78, 5) is 0. The predicted octanol–water partition coefficient (Wildman–Crippen LogP) is 2.97. The van der Waals surface area contributed by atoms with E-state index < -0.39 is 0 Å². The monoisotopic (exact) mass is 235 g/mol. The molecule has 0 saturated heterocycles. The molecule has 1 fully saturated rings. The maximum absolute atomic E-state index is 4.69. The molecule has 17 heavy (non-hydrogen) atoms. The summed E-state index contributed by atoms with van der Waals surface area (Å²) in [5.41, 5.74) is 2.74. The molecule has 0 aliphatic heterocycles. The van der Waals surface area contributed by atoms with E-state index in [0.717, 1.165) is 6.54 Å². The molecule has 96 valence electrons. The zero-order valence-corrected chi connectivity index (χ0v) is 11.4. The van der Waals surface area contributed by atoms with Gasteiger partial charge in [0, 0.05) is 37.3 Å². The fraction of sp³-hybridized carbons (Fsp3) is 0.786. The average molecular weight is 235 g/mol. The van der Waals surface area contributed by atoms with Gasteiger partial charge in [0.05, 0.1) is 5.69 Å². The molecule has 0 amide bonds. The lowest BCUT2D eigenvalue weighted by molar-refractivity contribution is 0.430. The van der Waals surface area contributed by atoms with Crippen LogP contribution in [0.15, 0.2) is 6.20 Å². The van der Waals surface area contributed by atoms with E-state index in [-0.39, 0.29) is 0 Å². The summed E-state index contributed by atoms with van der Waals surface area (Å²) in [6, 6.07) is 0.536. The first kappa shape index (κ1) is 12.6. The van der Waals surface area contributed by atoms with Crippen molar-refractivity contribution in [3.8, 4) is 0 Å². The van der Waals surface area contributed by atoms with Crippen molar-refractivity contribution < 1.29 is 0 Å². The molecule has 2 rings (SSSR count). The van der Waals surface area contributed by atoms with E-state index in [2.05, 4.69) is 30.5 Å². The van der Waals surface area contributed by atoms with E-state index in [9.17, 15) is 0 Å². The summed E-state index contributed by atoms with van der Waals surface area (Å²) < 4.78 is 1.97. The van der Waals surface area contributed by atoms with Crippen LogP contribution < -0.4 is 5.32 Å². The Morgan fingerprint density at radius 2 is 2.06 bits per heavy atom. The molecule has 0 aromatic carbocycles. The summed E-state index contributed by atoms with van der Waals surface area (Å²) in [5.74, 6) is 0.703. The van der Waals surface area contributed by atoms with Crippen LogP contribution in [-0.2, 0) is 13.6 Å². The molecule has 3 nitrogen and oxygen atoms in total. The zero-order valence-electron chi connectivity index (χ0n) is 11.4. The number of aromatic nitrogens is 2. The fourth-order valence-electron chi connectivity index (χ4n) is 2.72. The average Bonchev–Trinajstić information content (AvgIpc) is 2.69. The number of nitrogens with one attached hydrogen (secondary N) is 1. The fourth-order valence-corrected chi connectivity index (χ4v) is 2.72. The Labute approximate surface area is 105 Å². The van der Waals surface area contributed by atoms with Gasteiger partial charge in [0.2, 0.25) is 0 Å². The minimum atomic E-state index is 0.536. The van der Waals surface area contributed by atoms with Crippen molar-refractivity contribution in [2.45, 2.75) is 64.5 Å². The quantitative estimate of drug-likeness (QED) is 0.869. The first-order valence-electron chi connectivity index (χ1n) is 6.92. The van der Waals surface area contributed by atoms with E-state index >= 15 is 0 Å². The van der Waals surface area contributed by atoms with Gasteiger partial charge >= 0.3 is 0 Å². The highest BCUT2D eigenvalue weighted by atomic mass is 15.3. The van der Waals surface area contributed by atoms with Crippen LogP contribution >= 0.6 is 0 Å². The first-order chi connectivity index (χ1) is 8.16. The van der Waals surface area contributed by atoms with Crippen molar-refractivity contribution in [2.24, 2.45) is 7.05 Å². The summed E-state index contributed by atoms with van der Waals surface area (Å²) in [6.07, 6.45) is 8.98. The van der Waals surface area contributed by atoms with Crippen molar-refractivity contribution in [1.82, 2.24) is 15.1 Å². The van der Waals surface area contributed by atoms with E-state index in [1.165, 1.54) is 43.4 Å². The van der Waals surface area contributed by atoms with Crippen LogP contribution in [0.2, 0.25) is 0 Å². The van der Waals surface area contributed by atoms with Gasteiger partial charge in [-0.2, -0.15) is 5.10 Å². The molecular formula is C14H25N3. The highest BCUT2D eigenvalue weighted by molar-refractivity contribution is 5.21. The Morgan fingerprint density at radius 1 is 1.35 bits per heavy atom. The van der Waals surface area contributed by atoms with Gasteiger partial charge in [-0.05, 0) is 12.8 Å². The minimum Gasteiger partial charge on any atom is -0.310 e. The van der Waals surface area contributed by atoms with E-state index in [4.69, 9.17) is 0 Å². The highest BCUT2D eigenvalue weighted by Gasteiger charge is 2.21. The molecule has 0 spiro atoms. The molecule has 1 aromatic rings. The molecule has 1 aromatic heterocycles. The van der Waals surface area contributed by atoms with Gasteiger partial charge in [-0.15, -0.1) is 0 Å². The normalized spacial score (nSPS) is 17.9. The Hall–Kier alpha value is -0.830. The second kappa shape index (κ2) is 5.67. The smallest absolute Gasteiger partial charge is 0.0700 e. The van der Waals surface area contributed by atoms with E-state index in [0.29, 0.717) is 12.0 Å². The van der Waals surface area contributed by atoms with Gasteiger partial charge in [-0.25, -0.2) is 0 Å².